The molecule has 1 aliphatic rings. The second-order valence-corrected chi connectivity index (χ2v) is 7.71. The molecule has 1 unspecified atom stereocenters. The van der Waals surface area contributed by atoms with Crippen molar-refractivity contribution in [3.63, 3.8) is 0 Å². The molecule has 5 nitrogen and oxygen atoms in total. The fourth-order valence-corrected chi connectivity index (χ4v) is 4.25. The number of benzene rings is 3. The van der Waals surface area contributed by atoms with Crippen LogP contribution in [0.2, 0.25) is 0 Å². The summed E-state index contributed by atoms with van der Waals surface area (Å²) in [5.41, 5.74) is 1.97. The number of carbonyl (C=O) groups is 2. The zero-order valence-corrected chi connectivity index (χ0v) is 17.3. The molecular weight excluding hydrogens is 388 g/mol. The van der Waals surface area contributed by atoms with E-state index in [0.29, 0.717) is 18.8 Å². The molecule has 1 saturated heterocycles. The molecule has 3 aromatic rings. The van der Waals surface area contributed by atoms with E-state index in [4.69, 9.17) is 4.74 Å². The number of carbonyl (C=O) groups excluding carboxylic acids is 2. The quantitative estimate of drug-likeness (QED) is 0.514. The Hall–Kier alpha value is -3.60. The highest BCUT2D eigenvalue weighted by atomic mass is 16.6. The van der Waals surface area contributed by atoms with E-state index in [9.17, 15) is 9.59 Å². The van der Waals surface area contributed by atoms with Gasteiger partial charge >= 0.3 is 6.09 Å². The maximum atomic E-state index is 12.6. The number of rotatable bonds is 6. The molecule has 158 valence electrons. The first kappa shape index (κ1) is 20.7. The van der Waals surface area contributed by atoms with Crippen LogP contribution in [0.3, 0.4) is 0 Å². The van der Waals surface area contributed by atoms with Crippen molar-refractivity contribution in [1.82, 2.24) is 4.90 Å². The Labute approximate surface area is 182 Å². The summed E-state index contributed by atoms with van der Waals surface area (Å²) in [6.07, 6.45) is 2.18. The molecular formula is C26H26N2O3. The predicted molar refractivity (Wildman–Crippen MR) is 121 cm³/mol. The van der Waals surface area contributed by atoms with Gasteiger partial charge in [0.05, 0.1) is 6.04 Å². The number of amides is 2. The zero-order chi connectivity index (χ0) is 21.5. The third-order valence-corrected chi connectivity index (χ3v) is 5.80. The first-order chi connectivity index (χ1) is 15.3. The highest BCUT2D eigenvalue weighted by Crippen LogP contribution is 2.37. The second kappa shape index (κ2) is 9.94. The molecule has 0 aromatic heterocycles. The lowest BCUT2D eigenvalue weighted by atomic mass is 9.84. The van der Waals surface area contributed by atoms with Crippen molar-refractivity contribution in [2.45, 2.75) is 18.9 Å². The Morgan fingerprint density at radius 3 is 2.00 bits per heavy atom. The maximum absolute atomic E-state index is 12.6. The van der Waals surface area contributed by atoms with Crippen molar-refractivity contribution in [3.05, 3.63) is 96.6 Å². The van der Waals surface area contributed by atoms with Gasteiger partial charge in [-0.15, -0.1) is 0 Å². The summed E-state index contributed by atoms with van der Waals surface area (Å²) < 4.78 is 5.49. The van der Waals surface area contributed by atoms with Crippen LogP contribution in [0.15, 0.2) is 91.0 Å². The molecule has 0 aliphatic carbocycles. The molecule has 1 aliphatic heterocycles. The molecule has 2 amide bonds. The van der Waals surface area contributed by atoms with Gasteiger partial charge in [-0.05, 0) is 48.6 Å². The Balaban J connectivity index is 1.50. The van der Waals surface area contributed by atoms with E-state index in [1.807, 2.05) is 71.6 Å². The Morgan fingerprint density at radius 1 is 0.871 bits per heavy atom. The van der Waals surface area contributed by atoms with Crippen LogP contribution in [0.4, 0.5) is 10.5 Å². The van der Waals surface area contributed by atoms with Gasteiger partial charge in [-0.1, -0.05) is 66.7 Å². The van der Waals surface area contributed by atoms with Crippen LogP contribution in [0.25, 0.3) is 0 Å². The smallest absolute Gasteiger partial charge is 0.410 e. The molecule has 1 heterocycles. The van der Waals surface area contributed by atoms with Gasteiger partial charge < -0.3 is 14.5 Å². The van der Waals surface area contributed by atoms with E-state index in [-0.39, 0.29) is 18.1 Å². The van der Waals surface area contributed by atoms with Crippen LogP contribution in [0, 0.1) is 5.92 Å². The van der Waals surface area contributed by atoms with Crippen molar-refractivity contribution < 1.29 is 14.3 Å². The summed E-state index contributed by atoms with van der Waals surface area (Å²) in [6.45, 7) is 1.20. The Bertz CT molecular complexity index is 971. The predicted octanol–water partition coefficient (Wildman–Crippen LogP) is 5.30. The van der Waals surface area contributed by atoms with Crippen LogP contribution in [0.1, 0.15) is 24.4 Å². The molecule has 31 heavy (non-hydrogen) atoms. The van der Waals surface area contributed by atoms with E-state index >= 15 is 0 Å². The summed E-state index contributed by atoms with van der Waals surface area (Å²) in [6, 6.07) is 28.9. The number of hydrogen-bond acceptors (Lipinski definition) is 3. The van der Waals surface area contributed by atoms with Crippen molar-refractivity contribution in [2.24, 2.45) is 5.92 Å². The standard InChI is InChI=1S/C26H26N2O3/c29-20-28(23-12-6-2-7-13-23)25(21-10-4-1-5-11-21)22-16-18-27(19-17-22)26(30)31-24-14-8-3-9-15-24/h1-15,20,22,25H,16-19H2. The van der Waals surface area contributed by atoms with E-state index in [1.54, 1.807) is 17.0 Å². The Kier molecular flexibility index (Phi) is 6.62. The van der Waals surface area contributed by atoms with Crippen molar-refractivity contribution >= 4 is 18.2 Å². The largest absolute Gasteiger partial charge is 0.415 e. The van der Waals surface area contributed by atoms with Crippen LogP contribution < -0.4 is 9.64 Å². The van der Waals surface area contributed by atoms with Gasteiger partial charge in [0.1, 0.15) is 5.75 Å². The summed E-state index contributed by atoms with van der Waals surface area (Å²) in [7, 11) is 0. The van der Waals surface area contributed by atoms with Gasteiger partial charge in [-0.3, -0.25) is 4.79 Å². The number of ether oxygens (including phenoxy) is 1. The maximum Gasteiger partial charge on any atom is 0.415 e. The van der Waals surface area contributed by atoms with E-state index in [2.05, 4.69) is 12.1 Å². The summed E-state index contributed by atoms with van der Waals surface area (Å²) >= 11 is 0. The number of nitrogens with zero attached hydrogens (tertiary/aromatic N) is 2. The molecule has 0 saturated carbocycles. The number of piperidine rings is 1. The highest BCUT2D eigenvalue weighted by Gasteiger charge is 2.33. The lowest BCUT2D eigenvalue weighted by molar-refractivity contribution is -0.108. The fraction of sp³-hybridized carbons (Fsp3) is 0.231. The van der Waals surface area contributed by atoms with Crippen molar-refractivity contribution in [2.75, 3.05) is 18.0 Å². The lowest BCUT2D eigenvalue weighted by Crippen LogP contribution is -2.44. The van der Waals surface area contributed by atoms with E-state index in [1.165, 1.54) is 0 Å². The minimum atomic E-state index is -0.323. The van der Waals surface area contributed by atoms with Crippen molar-refractivity contribution in [1.29, 1.82) is 0 Å². The second-order valence-electron chi connectivity index (χ2n) is 7.71. The van der Waals surface area contributed by atoms with Crippen molar-refractivity contribution in [3.8, 4) is 5.75 Å². The number of para-hydroxylation sites is 2. The van der Waals surface area contributed by atoms with Gasteiger partial charge in [0.2, 0.25) is 6.41 Å². The average Bonchev–Trinajstić information content (AvgIpc) is 2.84. The number of hydrogen-bond donors (Lipinski definition) is 0. The third-order valence-electron chi connectivity index (χ3n) is 5.80. The first-order valence-electron chi connectivity index (χ1n) is 10.6. The normalized spacial score (nSPS) is 15.2. The average molecular weight is 415 g/mol. The van der Waals surface area contributed by atoms with Gasteiger partial charge in [-0.2, -0.15) is 0 Å². The molecule has 0 radical (unpaired) electrons. The SMILES string of the molecule is O=CN(c1ccccc1)C(c1ccccc1)C1CCN(C(=O)Oc2ccccc2)CC1. The van der Waals surface area contributed by atoms with Crippen LogP contribution in [0.5, 0.6) is 5.75 Å². The minimum Gasteiger partial charge on any atom is -0.410 e. The highest BCUT2D eigenvalue weighted by molar-refractivity contribution is 5.76. The topological polar surface area (TPSA) is 49.9 Å². The van der Waals surface area contributed by atoms with Crippen LogP contribution in [-0.4, -0.2) is 30.5 Å². The molecule has 5 heteroatoms. The number of likely N-dealkylation sites (tertiary alicyclic amines) is 1. The van der Waals surface area contributed by atoms with Crippen LogP contribution >= 0.6 is 0 Å². The van der Waals surface area contributed by atoms with E-state index in [0.717, 1.165) is 30.5 Å². The lowest BCUT2D eigenvalue weighted by Gasteiger charge is -2.39. The van der Waals surface area contributed by atoms with Gasteiger partial charge in [0, 0.05) is 18.8 Å². The molecule has 1 fully saturated rings. The van der Waals surface area contributed by atoms with Gasteiger partial charge in [0.15, 0.2) is 0 Å². The van der Waals surface area contributed by atoms with Gasteiger partial charge in [0.25, 0.3) is 0 Å². The molecule has 0 spiro atoms. The molecule has 3 aromatic carbocycles. The molecule has 0 bridgehead atoms. The summed E-state index contributed by atoms with van der Waals surface area (Å²) in [5.74, 6) is 0.779. The minimum absolute atomic E-state index is 0.0895. The fourth-order valence-electron chi connectivity index (χ4n) is 4.25. The zero-order valence-electron chi connectivity index (χ0n) is 17.3. The summed E-state index contributed by atoms with van der Waals surface area (Å²) in [5, 5.41) is 0. The van der Waals surface area contributed by atoms with Crippen LogP contribution in [-0.2, 0) is 4.79 Å². The summed E-state index contributed by atoms with van der Waals surface area (Å²) in [4.78, 5) is 28.3. The molecule has 0 N–H and O–H groups in total. The third kappa shape index (κ3) is 4.94. The van der Waals surface area contributed by atoms with E-state index < -0.39 is 0 Å². The van der Waals surface area contributed by atoms with Gasteiger partial charge in [-0.25, -0.2) is 4.79 Å². The number of anilines is 1. The molecule has 4 rings (SSSR count). The molecule has 1 atom stereocenters. The monoisotopic (exact) mass is 414 g/mol. The first-order valence-corrected chi connectivity index (χ1v) is 10.6. The Morgan fingerprint density at radius 2 is 1.42 bits per heavy atom.